The fourth-order valence-corrected chi connectivity index (χ4v) is 3.42. The summed E-state index contributed by atoms with van der Waals surface area (Å²) in [7, 11) is 0. The van der Waals surface area contributed by atoms with E-state index in [4.69, 9.17) is 9.15 Å². The van der Waals surface area contributed by atoms with Crippen LogP contribution in [0.15, 0.2) is 39.1 Å². The Morgan fingerprint density at radius 1 is 1.35 bits per heavy atom. The average Bonchev–Trinajstić information content (AvgIpc) is 2.71. The minimum Gasteiger partial charge on any atom is -0.486 e. The molecule has 3 nitrogen and oxygen atoms in total. The lowest BCUT2D eigenvalue weighted by molar-refractivity contribution is 0.0862. The Hall–Kier alpha value is -2.03. The van der Waals surface area contributed by atoms with Gasteiger partial charge in [-0.15, -0.1) is 0 Å². The SMILES string of the molecule is CC(C)=CCC[C@@]1(C)Oc2c(c(=O)oc3cccc(C)c23)[C@H]1C. The van der Waals surface area contributed by atoms with Crippen molar-refractivity contribution in [2.75, 3.05) is 0 Å². The van der Waals surface area contributed by atoms with E-state index < -0.39 is 0 Å². The molecule has 0 radical (unpaired) electrons. The molecular weight excluding hydrogens is 288 g/mol. The third-order valence-electron chi connectivity index (χ3n) is 5.01. The summed E-state index contributed by atoms with van der Waals surface area (Å²) in [5.41, 5.74) is 3.03. The monoisotopic (exact) mass is 312 g/mol. The highest BCUT2D eigenvalue weighted by atomic mass is 16.5. The summed E-state index contributed by atoms with van der Waals surface area (Å²) in [5, 5.41) is 0.930. The molecule has 1 aliphatic rings. The van der Waals surface area contributed by atoms with Gasteiger partial charge < -0.3 is 9.15 Å². The molecule has 0 fully saturated rings. The number of hydrogen-bond donors (Lipinski definition) is 0. The van der Waals surface area contributed by atoms with Crippen molar-refractivity contribution in [3.05, 3.63) is 51.4 Å². The molecule has 0 unspecified atom stereocenters. The van der Waals surface area contributed by atoms with E-state index in [0.29, 0.717) is 11.1 Å². The topological polar surface area (TPSA) is 39.4 Å². The van der Waals surface area contributed by atoms with Crippen LogP contribution in [-0.2, 0) is 0 Å². The molecule has 3 heteroatoms. The van der Waals surface area contributed by atoms with Crippen molar-refractivity contribution in [3.8, 4) is 5.75 Å². The van der Waals surface area contributed by atoms with E-state index >= 15 is 0 Å². The number of aryl methyl sites for hydroxylation is 1. The molecule has 2 atom stereocenters. The number of ether oxygens (including phenoxy) is 1. The molecule has 0 saturated heterocycles. The van der Waals surface area contributed by atoms with Gasteiger partial charge in [0.1, 0.15) is 16.9 Å². The Kier molecular flexibility index (Phi) is 3.83. The molecule has 0 aliphatic carbocycles. The Bertz CT molecular complexity index is 840. The van der Waals surface area contributed by atoms with Crippen molar-refractivity contribution in [1.82, 2.24) is 0 Å². The molecule has 2 heterocycles. The van der Waals surface area contributed by atoms with Crippen LogP contribution in [0.25, 0.3) is 11.0 Å². The molecule has 1 aromatic carbocycles. The molecule has 3 rings (SSSR count). The molecule has 0 saturated carbocycles. The maximum absolute atomic E-state index is 12.5. The second kappa shape index (κ2) is 5.55. The van der Waals surface area contributed by atoms with Crippen LogP contribution in [0.4, 0.5) is 0 Å². The summed E-state index contributed by atoms with van der Waals surface area (Å²) in [6.07, 6.45) is 4.04. The van der Waals surface area contributed by atoms with E-state index in [-0.39, 0.29) is 17.1 Å². The van der Waals surface area contributed by atoms with Gasteiger partial charge in [-0.05, 0) is 52.2 Å². The summed E-state index contributed by atoms with van der Waals surface area (Å²) in [4.78, 5) is 12.5. The van der Waals surface area contributed by atoms with E-state index in [0.717, 1.165) is 29.5 Å². The van der Waals surface area contributed by atoms with E-state index in [9.17, 15) is 4.79 Å². The average molecular weight is 312 g/mol. The van der Waals surface area contributed by atoms with Gasteiger partial charge in [0.15, 0.2) is 0 Å². The zero-order chi connectivity index (χ0) is 16.8. The largest absolute Gasteiger partial charge is 0.486 e. The molecule has 0 N–H and O–H groups in total. The first-order chi connectivity index (χ1) is 10.8. The van der Waals surface area contributed by atoms with Crippen LogP contribution in [0.1, 0.15) is 57.6 Å². The lowest BCUT2D eigenvalue weighted by Gasteiger charge is -2.28. The van der Waals surface area contributed by atoms with E-state index in [2.05, 4.69) is 33.8 Å². The van der Waals surface area contributed by atoms with Crippen molar-refractivity contribution < 1.29 is 9.15 Å². The smallest absolute Gasteiger partial charge is 0.343 e. The Labute approximate surface area is 137 Å². The minimum atomic E-state index is -0.375. The molecule has 0 bridgehead atoms. The zero-order valence-corrected chi connectivity index (χ0v) is 14.5. The van der Waals surface area contributed by atoms with Gasteiger partial charge in [-0.2, -0.15) is 0 Å². The standard InChI is InChI=1S/C20H24O3/c1-12(2)8-7-11-20(5)14(4)17-18(23-20)16-13(3)9-6-10-15(16)22-19(17)21/h6,8-10,14H,7,11H2,1-5H3/t14-,20-/m1/s1. The van der Waals surface area contributed by atoms with Crippen LogP contribution < -0.4 is 10.4 Å². The molecule has 1 aromatic heterocycles. The molecule has 0 amide bonds. The third-order valence-corrected chi connectivity index (χ3v) is 5.01. The Morgan fingerprint density at radius 3 is 2.78 bits per heavy atom. The highest BCUT2D eigenvalue weighted by molar-refractivity contribution is 5.88. The second-order valence-corrected chi connectivity index (χ2v) is 7.04. The number of benzene rings is 1. The lowest BCUT2D eigenvalue weighted by atomic mass is 9.84. The second-order valence-electron chi connectivity index (χ2n) is 7.04. The quantitative estimate of drug-likeness (QED) is 0.584. The van der Waals surface area contributed by atoms with Gasteiger partial charge in [0.2, 0.25) is 0 Å². The summed E-state index contributed by atoms with van der Waals surface area (Å²) in [6, 6.07) is 5.76. The predicted octanol–water partition coefficient (Wildman–Crippen LogP) is 5.10. The molecule has 2 aromatic rings. The van der Waals surface area contributed by atoms with E-state index in [1.807, 2.05) is 25.1 Å². The fourth-order valence-electron chi connectivity index (χ4n) is 3.42. The summed E-state index contributed by atoms with van der Waals surface area (Å²) in [5.74, 6) is 0.741. The van der Waals surface area contributed by atoms with Crippen LogP contribution in [0.5, 0.6) is 5.75 Å². The van der Waals surface area contributed by atoms with Crippen LogP contribution >= 0.6 is 0 Å². The molecule has 1 aliphatic heterocycles. The maximum Gasteiger partial charge on any atom is 0.343 e. The van der Waals surface area contributed by atoms with Crippen molar-refractivity contribution in [2.24, 2.45) is 0 Å². The van der Waals surface area contributed by atoms with Gasteiger partial charge in [0.25, 0.3) is 0 Å². The number of allylic oxidation sites excluding steroid dienone is 2. The lowest BCUT2D eigenvalue weighted by Crippen LogP contribution is -2.33. The number of rotatable bonds is 3. The first-order valence-corrected chi connectivity index (χ1v) is 8.22. The Balaban J connectivity index is 2.10. The fraction of sp³-hybridized carbons (Fsp3) is 0.450. The van der Waals surface area contributed by atoms with Crippen LogP contribution in [0.2, 0.25) is 0 Å². The number of hydrogen-bond acceptors (Lipinski definition) is 3. The van der Waals surface area contributed by atoms with Gasteiger partial charge in [-0.1, -0.05) is 30.7 Å². The highest BCUT2D eigenvalue weighted by Crippen LogP contribution is 2.48. The first-order valence-electron chi connectivity index (χ1n) is 8.22. The summed E-state index contributed by atoms with van der Waals surface area (Å²) in [6.45, 7) is 10.4. The van der Waals surface area contributed by atoms with Gasteiger partial charge in [0.05, 0.1) is 10.9 Å². The van der Waals surface area contributed by atoms with E-state index in [1.54, 1.807) is 0 Å². The third kappa shape index (κ3) is 2.58. The normalized spacial score (nSPS) is 22.7. The maximum atomic E-state index is 12.5. The summed E-state index contributed by atoms with van der Waals surface area (Å²) >= 11 is 0. The molecular formula is C20H24O3. The highest BCUT2D eigenvalue weighted by Gasteiger charge is 2.45. The zero-order valence-electron chi connectivity index (χ0n) is 14.5. The molecule has 23 heavy (non-hydrogen) atoms. The van der Waals surface area contributed by atoms with Gasteiger partial charge in [0, 0.05) is 5.92 Å². The molecule has 122 valence electrons. The van der Waals surface area contributed by atoms with Crippen molar-refractivity contribution in [2.45, 2.75) is 59.0 Å². The molecule has 0 spiro atoms. The van der Waals surface area contributed by atoms with Crippen LogP contribution in [0.3, 0.4) is 0 Å². The van der Waals surface area contributed by atoms with Crippen LogP contribution in [0, 0.1) is 6.92 Å². The van der Waals surface area contributed by atoms with Crippen molar-refractivity contribution in [1.29, 1.82) is 0 Å². The van der Waals surface area contributed by atoms with Crippen molar-refractivity contribution in [3.63, 3.8) is 0 Å². The van der Waals surface area contributed by atoms with Gasteiger partial charge in [-0.3, -0.25) is 0 Å². The minimum absolute atomic E-state index is 0.0170. The summed E-state index contributed by atoms with van der Waals surface area (Å²) < 4.78 is 11.9. The Morgan fingerprint density at radius 2 is 2.09 bits per heavy atom. The number of fused-ring (bicyclic) bond motifs is 3. The van der Waals surface area contributed by atoms with Gasteiger partial charge >= 0.3 is 5.63 Å². The predicted molar refractivity (Wildman–Crippen MR) is 93.3 cm³/mol. The van der Waals surface area contributed by atoms with Gasteiger partial charge in [-0.25, -0.2) is 4.79 Å². The van der Waals surface area contributed by atoms with Crippen LogP contribution in [-0.4, -0.2) is 5.60 Å². The van der Waals surface area contributed by atoms with E-state index in [1.165, 1.54) is 5.57 Å². The van der Waals surface area contributed by atoms with Crippen molar-refractivity contribution >= 4 is 11.0 Å². The first kappa shape index (κ1) is 15.9.